The highest BCUT2D eigenvalue weighted by Gasteiger charge is 2.28. The van der Waals surface area contributed by atoms with Crippen LogP contribution in [0.25, 0.3) is 0 Å². The number of hydrogen-bond donors (Lipinski definition) is 2. The lowest BCUT2D eigenvalue weighted by Crippen LogP contribution is -2.28. The van der Waals surface area contributed by atoms with Crippen LogP contribution in [0.15, 0.2) is 0 Å². The number of thiophene rings is 1. The Kier molecular flexibility index (Phi) is 4.24. The Labute approximate surface area is 126 Å². The van der Waals surface area contributed by atoms with Crippen LogP contribution in [0.2, 0.25) is 0 Å². The van der Waals surface area contributed by atoms with Crippen molar-refractivity contribution in [2.75, 3.05) is 35.2 Å². The van der Waals surface area contributed by atoms with Gasteiger partial charge >= 0.3 is 0 Å². The lowest BCUT2D eigenvalue weighted by atomic mass is 10.2. The number of ketones is 1. The van der Waals surface area contributed by atoms with Crippen molar-refractivity contribution in [3.63, 3.8) is 0 Å². The maximum Gasteiger partial charge on any atom is 0.253 e. The van der Waals surface area contributed by atoms with Gasteiger partial charge in [-0.1, -0.05) is 0 Å². The molecule has 7 nitrogen and oxygen atoms in total. The van der Waals surface area contributed by atoms with Crippen LogP contribution >= 0.6 is 11.3 Å². The summed E-state index contributed by atoms with van der Waals surface area (Å²) in [7, 11) is -3.06. The first kappa shape index (κ1) is 15.8. The molecule has 0 bridgehead atoms. The minimum Gasteiger partial charge on any atom is -0.397 e. The van der Waals surface area contributed by atoms with Gasteiger partial charge in [0.1, 0.15) is 5.00 Å². The number of carbonyl (C=O) groups excluding carboxylic acids is 2. The largest absolute Gasteiger partial charge is 0.397 e. The van der Waals surface area contributed by atoms with Crippen LogP contribution in [0.1, 0.15) is 33.4 Å². The Morgan fingerprint density at radius 3 is 2.48 bits per heavy atom. The lowest BCUT2D eigenvalue weighted by Gasteiger charge is -2.21. The Balaban J connectivity index is 2.45. The molecule has 9 heteroatoms. The second kappa shape index (κ2) is 5.64. The SMILES string of the molecule is CC(=O)c1sc(N2CCCS(=O)(=O)CC2)c(C(N)=O)c1N. The molecule has 4 N–H and O–H groups in total. The molecule has 2 heterocycles. The second-order valence-electron chi connectivity index (χ2n) is 4.94. The maximum atomic E-state index is 11.7. The van der Waals surface area contributed by atoms with E-state index in [1.165, 1.54) is 6.92 Å². The highest BCUT2D eigenvalue weighted by molar-refractivity contribution is 7.91. The van der Waals surface area contributed by atoms with Crippen molar-refractivity contribution in [3.8, 4) is 0 Å². The van der Waals surface area contributed by atoms with E-state index in [9.17, 15) is 18.0 Å². The Morgan fingerprint density at radius 1 is 1.24 bits per heavy atom. The van der Waals surface area contributed by atoms with Crippen LogP contribution in [0.5, 0.6) is 0 Å². The van der Waals surface area contributed by atoms with E-state index in [1.54, 1.807) is 4.90 Å². The van der Waals surface area contributed by atoms with Crippen molar-refractivity contribution in [3.05, 3.63) is 10.4 Å². The zero-order chi connectivity index (χ0) is 15.8. The van der Waals surface area contributed by atoms with Gasteiger partial charge in [0.25, 0.3) is 5.91 Å². The van der Waals surface area contributed by atoms with Crippen molar-refractivity contribution < 1.29 is 18.0 Å². The number of carbonyl (C=O) groups is 2. The molecule has 21 heavy (non-hydrogen) atoms. The van der Waals surface area contributed by atoms with Crippen LogP contribution in [-0.4, -0.2) is 44.7 Å². The van der Waals surface area contributed by atoms with E-state index in [1.807, 2.05) is 0 Å². The zero-order valence-electron chi connectivity index (χ0n) is 11.6. The van der Waals surface area contributed by atoms with Crippen molar-refractivity contribution in [1.29, 1.82) is 0 Å². The molecule has 1 aromatic rings. The topological polar surface area (TPSA) is 124 Å². The van der Waals surface area contributed by atoms with E-state index in [2.05, 4.69) is 0 Å². The summed E-state index contributed by atoms with van der Waals surface area (Å²) in [6, 6.07) is 0. The van der Waals surface area contributed by atoms with E-state index >= 15 is 0 Å². The van der Waals surface area contributed by atoms with Crippen LogP contribution in [0, 0.1) is 0 Å². The number of primary amides is 1. The highest BCUT2D eigenvalue weighted by atomic mass is 32.2. The van der Waals surface area contributed by atoms with E-state index in [4.69, 9.17) is 11.5 Å². The van der Waals surface area contributed by atoms with Crippen molar-refractivity contribution >= 4 is 43.6 Å². The average molecular weight is 331 g/mol. The predicted octanol–water partition coefficient (Wildman–Crippen LogP) is 0.257. The molecule has 0 aromatic carbocycles. The molecule has 0 radical (unpaired) electrons. The predicted molar refractivity (Wildman–Crippen MR) is 82.7 cm³/mol. The summed E-state index contributed by atoms with van der Waals surface area (Å²) >= 11 is 1.09. The third-order valence-electron chi connectivity index (χ3n) is 3.34. The van der Waals surface area contributed by atoms with E-state index in [-0.39, 0.29) is 40.0 Å². The smallest absolute Gasteiger partial charge is 0.253 e. The lowest BCUT2D eigenvalue weighted by molar-refractivity contribution is 0.100. The van der Waals surface area contributed by atoms with Gasteiger partial charge in [0.2, 0.25) is 0 Å². The second-order valence-corrected chi connectivity index (χ2v) is 8.24. The number of nitrogens with zero attached hydrogens (tertiary/aromatic N) is 1. The number of nitrogens with two attached hydrogens (primary N) is 2. The van der Waals surface area contributed by atoms with Crippen LogP contribution in [-0.2, 0) is 9.84 Å². The number of anilines is 2. The first-order valence-corrected chi connectivity index (χ1v) is 9.05. The number of Topliss-reactive ketones (excluding diaryl/α,β-unsaturated/α-hetero) is 1. The molecule has 1 saturated heterocycles. The number of amides is 1. The van der Waals surface area contributed by atoms with Crippen LogP contribution < -0.4 is 16.4 Å². The third kappa shape index (κ3) is 3.18. The molecule has 0 aliphatic carbocycles. The summed E-state index contributed by atoms with van der Waals surface area (Å²) in [4.78, 5) is 25.3. The first-order chi connectivity index (χ1) is 9.73. The summed E-state index contributed by atoms with van der Waals surface area (Å²) in [5.74, 6) is -0.819. The molecule has 0 spiro atoms. The first-order valence-electron chi connectivity index (χ1n) is 6.41. The van der Waals surface area contributed by atoms with Gasteiger partial charge in [-0.3, -0.25) is 9.59 Å². The fourth-order valence-corrected chi connectivity index (χ4v) is 4.74. The normalized spacial score (nSPS) is 18.2. The van der Waals surface area contributed by atoms with Crippen molar-refractivity contribution in [2.24, 2.45) is 5.73 Å². The van der Waals surface area contributed by atoms with Gasteiger partial charge in [0, 0.05) is 20.0 Å². The molecule has 116 valence electrons. The molecule has 0 atom stereocenters. The van der Waals surface area contributed by atoms with Crippen LogP contribution in [0.4, 0.5) is 10.7 Å². The van der Waals surface area contributed by atoms with E-state index < -0.39 is 15.7 Å². The van der Waals surface area contributed by atoms with Gasteiger partial charge in [0.05, 0.1) is 27.6 Å². The summed E-state index contributed by atoms with van der Waals surface area (Å²) in [6.45, 7) is 2.11. The minimum absolute atomic E-state index is 0.0123. The molecule has 1 aliphatic heterocycles. The molecular weight excluding hydrogens is 314 g/mol. The van der Waals surface area contributed by atoms with Gasteiger partial charge in [-0.25, -0.2) is 8.42 Å². The summed E-state index contributed by atoms with van der Waals surface area (Å²) < 4.78 is 23.3. The summed E-state index contributed by atoms with van der Waals surface area (Å²) in [5, 5.41) is 0.488. The van der Waals surface area contributed by atoms with Gasteiger partial charge in [-0.2, -0.15) is 0 Å². The standard InChI is InChI=1S/C12H17N3O4S2/c1-7(16)10-9(13)8(11(14)17)12(20-10)15-3-2-5-21(18,19)6-4-15/h2-6,13H2,1H3,(H2,14,17). The fraction of sp³-hybridized carbons (Fsp3) is 0.500. The highest BCUT2D eigenvalue weighted by Crippen LogP contribution is 2.38. The Hall–Kier alpha value is -1.61. The van der Waals surface area contributed by atoms with Gasteiger partial charge in [0.15, 0.2) is 15.6 Å². The minimum atomic E-state index is -3.06. The van der Waals surface area contributed by atoms with E-state index in [0.717, 1.165) is 11.3 Å². The van der Waals surface area contributed by atoms with Gasteiger partial charge in [-0.05, 0) is 6.42 Å². The number of sulfone groups is 1. The molecular formula is C12H17N3O4S2. The fourth-order valence-electron chi connectivity index (χ4n) is 2.30. The number of nitrogen functional groups attached to an aromatic ring is 1. The molecule has 0 unspecified atom stereocenters. The van der Waals surface area contributed by atoms with Crippen molar-refractivity contribution in [1.82, 2.24) is 0 Å². The van der Waals surface area contributed by atoms with Gasteiger partial charge in [-0.15, -0.1) is 11.3 Å². The Morgan fingerprint density at radius 2 is 1.90 bits per heavy atom. The molecule has 1 aliphatic rings. The van der Waals surface area contributed by atoms with E-state index in [0.29, 0.717) is 18.0 Å². The number of hydrogen-bond acceptors (Lipinski definition) is 7. The molecule has 2 rings (SSSR count). The molecule has 0 saturated carbocycles. The number of rotatable bonds is 3. The molecule has 1 fully saturated rings. The monoisotopic (exact) mass is 331 g/mol. The maximum absolute atomic E-state index is 11.7. The third-order valence-corrected chi connectivity index (χ3v) is 6.42. The Bertz CT molecular complexity index is 694. The summed E-state index contributed by atoms with van der Waals surface area (Å²) in [6.07, 6.45) is 0.466. The molecule has 1 aromatic heterocycles. The van der Waals surface area contributed by atoms with Crippen molar-refractivity contribution in [2.45, 2.75) is 13.3 Å². The summed E-state index contributed by atoms with van der Waals surface area (Å²) in [5.41, 5.74) is 11.4. The van der Waals surface area contributed by atoms with Crippen LogP contribution in [0.3, 0.4) is 0 Å². The quantitative estimate of drug-likeness (QED) is 0.766. The molecule has 1 amide bonds. The zero-order valence-corrected chi connectivity index (χ0v) is 13.2. The average Bonchev–Trinajstić information content (AvgIpc) is 2.60. The van der Waals surface area contributed by atoms with Gasteiger partial charge < -0.3 is 16.4 Å².